The molecule has 118 valence electrons. The van der Waals surface area contributed by atoms with E-state index >= 15 is 0 Å². The van der Waals surface area contributed by atoms with Crippen molar-refractivity contribution in [1.29, 1.82) is 5.41 Å². The number of fused-ring (bicyclic) bond motifs is 1. The van der Waals surface area contributed by atoms with Crippen LogP contribution in [0.2, 0.25) is 0 Å². The van der Waals surface area contributed by atoms with Crippen molar-refractivity contribution in [2.24, 2.45) is 5.92 Å². The van der Waals surface area contributed by atoms with E-state index in [-0.39, 0.29) is 11.6 Å². The average Bonchev–Trinajstić information content (AvgIpc) is 2.45. The van der Waals surface area contributed by atoms with E-state index in [1.807, 2.05) is 12.2 Å². The minimum Gasteiger partial charge on any atom is -0.313 e. The van der Waals surface area contributed by atoms with Crippen molar-refractivity contribution in [1.82, 2.24) is 4.98 Å². The molecule has 1 atom stereocenters. The molecule has 0 saturated heterocycles. The first kappa shape index (κ1) is 16.5. The van der Waals surface area contributed by atoms with Gasteiger partial charge < -0.3 is 5.41 Å². The standard InChI is InChI=1S/C17H19F3N2/c1-11(8-9-21)12-4-6-14-13(10-12)5-7-15(22-14)16(2,3)17(18,19)20/h5-7,9-10,12,21H,1,4,8H2,2-3H3. The lowest BCUT2D eigenvalue weighted by molar-refractivity contribution is -0.181. The smallest absolute Gasteiger partial charge is 0.313 e. The van der Waals surface area contributed by atoms with Gasteiger partial charge in [-0.3, -0.25) is 4.98 Å². The SMILES string of the molecule is C=C(CC=N)C1C=c2ccc(C(C)(C)C(F)(F)F)nc2=CC1. The summed E-state index contributed by atoms with van der Waals surface area (Å²) in [5.74, 6) is 0.109. The molecule has 1 N–H and O–H groups in total. The second-order valence-corrected chi connectivity index (χ2v) is 6.07. The van der Waals surface area contributed by atoms with Gasteiger partial charge in [-0.15, -0.1) is 0 Å². The van der Waals surface area contributed by atoms with Gasteiger partial charge in [0.15, 0.2) is 0 Å². The van der Waals surface area contributed by atoms with Crippen molar-refractivity contribution in [2.45, 2.75) is 38.3 Å². The van der Waals surface area contributed by atoms with Crippen LogP contribution < -0.4 is 10.6 Å². The van der Waals surface area contributed by atoms with Gasteiger partial charge in [-0.1, -0.05) is 30.4 Å². The zero-order valence-corrected chi connectivity index (χ0v) is 12.7. The van der Waals surface area contributed by atoms with Crippen LogP contribution in [0.4, 0.5) is 13.2 Å². The Morgan fingerprint density at radius 1 is 1.41 bits per heavy atom. The quantitative estimate of drug-likeness (QED) is 0.673. The summed E-state index contributed by atoms with van der Waals surface area (Å²) in [5.41, 5.74) is -1.02. The minimum absolute atomic E-state index is 0.0279. The van der Waals surface area contributed by atoms with Crippen LogP contribution in [0, 0.1) is 11.3 Å². The summed E-state index contributed by atoms with van der Waals surface area (Å²) in [7, 11) is 0. The first-order valence-corrected chi connectivity index (χ1v) is 7.09. The number of alkyl halides is 3. The molecule has 1 aliphatic rings. The highest BCUT2D eigenvalue weighted by molar-refractivity contribution is 5.59. The van der Waals surface area contributed by atoms with E-state index in [9.17, 15) is 13.2 Å². The zero-order chi connectivity index (χ0) is 16.5. The zero-order valence-electron chi connectivity index (χ0n) is 12.7. The Bertz CT molecular complexity index is 714. The summed E-state index contributed by atoms with van der Waals surface area (Å²) >= 11 is 0. The van der Waals surface area contributed by atoms with Crippen molar-refractivity contribution in [3.63, 3.8) is 0 Å². The second-order valence-electron chi connectivity index (χ2n) is 6.07. The van der Waals surface area contributed by atoms with Crippen LogP contribution in [0.25, 0.3) is 12.2 Å². The first-order valence-electron chi connectivity index (χ1n) is 7.09. The van der Waals surface area contributed by atoms with Crippen LogP contribution in [-0.4, -0.2) is 17.4 Å². The number of hydrogen-bond acceptors (Lipinski definition) is 2. The highest BCUT2D eigenvalue weighted by atomic mass is 19.4. The third-order valence-electron chi connectivity index (χ3n) is 4.14. The molecule has 2 nitrogen and oxygen atoms in total. The fourth-order valence-electron chi connectivity index (χ4n) is 2.37. The van der Waals surface area contributed by atoms with Gasteiger partial charge in [0, 0.05) is 12.3 Å². The highest BCUT2D eigenvalue weighted by Gasteiger charge is 2.49. The predicted molar refractivity (Wildman–Crippen MR) is 82.1 cm³/mol. The summed E-state index contributed by atoms with van der Waals surface area (Å²) < 4.78 is 39.3. The Labute approximate surface area is 127 Å². The number of halogens is 3. The van der Waals surface area contributed by atoms with Gasteiger partial charge in [-0.05, 0) is 37.8 Å². The Morgan fingerprint density at radius 3 is 2.68 bits per heavy atom. The Morgan fingerprint density at radius 2 is 2.09 bits per heavy atom. The molecular formula is C17H19F3N2. The van der Waals surface area contributed by atoms with Gasteiger partial charge >= 0.3 is 6.18 Å². The molecular weight excluding hydrogens is 289 g/mol. The molecule has 2 rings (SSSR count). The third-order valence-corrected chi connectivity index (χ3v) is 4.14. The maximum absolute atomic E-state index is 13.1. The fraction of sp³-hybridized carbons (Fsp3) is 0.412. The molecule has 0 aliphatic heterocycles. The number of pyridine rings is 1. The summed E-state index contributed by atoms with van der Waals surface area (Å²) in [6.07, 6.45) is 1.95. The molecule has 1 unspecified atom stereocenters. The van der Waals surface area contributed by atoms with Crippen LogP contribution in [0.1, 0.15) is 32.4 Å². The lowest BCUT2D eigenvalue weighted by Gasteiger charge is -2.27. The monoisotopic (exact) mass is 308 g/mol. The summed E-state index contributed by atoms with van der Waals surface area (Å²) in [5, 5.41) is 8.54. The third kappa shape index (κ3) is 2.98. The lowest BCUT2D eigenvalue weighted by Crippen LogP contribution is -2.41. The Kier molecular flexibility index (Phi) is 4.27. The number of hydrogen-bond donors (Lipinski definition) is 1. The molecule has 0 radical (unpaired) electrons. The summed E-state index contributed by atoms with van der Waals surface area (Å²) in [6, 6.07) is 3.13. The molecule has 0 bridgehead atoms. The minimum atomic E-state index is -4.34. The van der Waals surface area contributed by atoms with Crippen molar-refractivity contribution >= 4 is 18.4 Å². The van der Waals surface area contributed by atoms with Gasteiger partial charge in [-0.25, -0.2) is 0 Å². The van der Waals surface area contributed by atoms with Gasteiger partial charge in [0.2, 0.25) is 0 Å². The summed E-state index contributed by atoms with van der Waals surface area (Å²) in [6.45, 7) is 6.24. The molecule has 1 heterocycles. The maximum Gasteiger partial charge on any atom is 0.399 e. The molecule has 1 aromatic rings. The molecule has 0 fully saturated rings. The second kappa shape index (κ2) is 5.71. The molecule has 5 heteroatoms. The highest BCUT2D eigenvalue weighted by Crippen LogP contribution is 2.38. The number of rotatable bonds is 4. The molecule has 0 amide bonds. The number of aromatic nitrogens is 1. The largest absolute Gasteiger partial charge is 0.399 e. The van der Waals surface area contributed by atoms with E-state index in [0.29, 0.717) is 18.2 Å². The molecule has 1 aromatic heterocycles. The van der Waals surface area contributed by atoms with Crippen LogP contribution >= 0.6 is 0 Å². The van der Waals surface area contributed by atoms with Gasteiger partial charge in [0.05, 0.1) is 11.0 Å². The van der Waals surface area contributed by atoms with E-state index < -0.39 is 11.6 Å². The van der Waals surface area contributed by atoms with Gasteiger partial charge in [-0.2, -0.15) is 13.2 Å². The van der Waals surface area contributed by atoms with Crippen molar-refractivity contribution in [2.75, 3.05) is 0 Å². The Balaban J connectivity index is 2.42. The summed E-state index contributed by atoms with van der Waals surface area (Å²) in [4.78, 5) is 4.21. The maximum atomic E-state index is 13.1. The topological polar surface area (TPSA) is 36.7 Å². The number of nitrogens with one attached hydrogen (secondary N) is 1. The first-order chi connectivity index (χ1) is 10.2. The van der Waals surface area contributed by atoms with Crippen LogP contribution in [0.15, 0.2) is 24.3 Å². The lowest BCUT2D eigenvalue weighted by atomic mass is 9.87. The number of nitrogens with zero attached hydrogens (tertiary/aromatic N) is 1. The number of allylic oxidation sites excluding steroid dienone is 1. The van der Waals surface area contributed by atoms with E-state index in [1.54, 1.807) is 6.07 Å². The molecule has 0 saturated carbocycles. The predicted octanol–water partition coefficient (Wildman–Crippen LogP) is 3.10. The molecule has 0 aromatic carbocycles. The average molecular weight is 308 g/mol. The van der Waals surface area contributed by atoms with Crippen LogP contribution in [0.3, 0.4) is 0 Å². The van der Waals surface area contributed by atoms with E-state index in [0.717, 1.165) is 24.6 Å². The van der Waals surface area contributed by atoms with Crippen molar-refractivity contribution < 1.29 is 13.2 Å². The fourth-order valence-corrected chi connectivity index (χ4v) is 2.37. The molecule has 22 heavy (non-hydrogen) atoms. The normalized spacial score (nSPS) is 18.0. The van der Waals surface area contributed by atoms with E-state index in [2.05, 4.69) is 11.6 Å². The van der Waals surface area contributed by atoms with E-state index in [4.69, 9.17) is 5.41 Å². The van der Waals surface area contributed by atoms with Crippen LogP contribution in [0.5, 0.6) is 0 Å². The molecule has 0 spiro atoms. The Hall–Kier alpha value is -1.91. The van der Waals surface area contributed by atoms with Gasteiger partial charge in [0.25, 0.3) is 0 Å². The molecule has 1 aliphatic carbocycles. The van der Waals surface area contributed by atoms with Crippen molar-refractivity contribution in [3.8, 4) is 0 Å². The van der Waals surface area contributed by atoms with Crippen LogP contribution in [-0.2, 0) is 5.41 Å². The van der Waals surface area contributed by atoms with E-state index in [1.165, 1.54) is 12.3 Å². The van der Waals surface area contributed by atoms with Gasteiger partial charge in [0.1, 0.15) is 5.41 Å². The van der Waals surface area contributed by atoms with Crippen molar-refractivity contribution in [3.05, 3.63) is 40.5 Å².